The van der Waals surface area contributed by atoms with Gasteiger partial charge >= 0.3 is 0 Å². The van der Waals surface area contributed by atoms with E-state index < -0.39 is 10.0 Å². The van der Waals surface area contributed by atoms with E-state index >= 15 is 0 Å². The predicted molar refractivity (Wildman–Crippen MR) is 103 cm³/mol. The van der Waals surface area contributed by atoms with Crippen LogP contribution in [0.15, 0.2) is 47.4 Å². The summed E-state index contributed by atoms with van der Waals surface area (Å²) in [5, 5.41) is 1.17. The fourth-order valence-corrected chi connectivity index (χ4v) is 5.59. The molecule has 1 N–H and O–H groups in total. The summed E-state index contributed by atoms with van der Waals surface area (Å²) in [6, 6.07) is 13.0. The van der Waals surface area contributed by atoms with Crippen molar-refractivity contribution < 1.29 is 13.2 Å². The zero-order valence-electron chi connectivity index (χ0n) is 14.9. The molecule has 0 atom stereocenters. The van der Waals surface area contributed by atoms with Crippen LogP contribution in [0.3, 0.4) is 0 Å². The van der Waals surface area contributed by atoms with Crippen LogP contribution in [0.25, 0.3) is 10.9 Å². The second kappa shape index (κ2) is 5.68. The standard InChI is InChI=1S/C20H19N3O3S/c1-22-19-7-6-14(10-13(19)11-20(22)24)27(25,26)23-9-8-16-15-4-2-3-5-17(15)21-18(16)12-23/h2-7,10,21H,8-9,11-12H2,1H3. The Morgan fingerprint density at radius 1 is 1.11 bits per heavy atom. The van der Waals surface area contributed by atoms with Crippen molar-refractivity contribution in [2.45, 2.75) is 24.3 Å². The summed E-state index contributed by atoms with van der Waals surface area (Å²) in [4.78, 5) is 17.1. The van der Waals surface area contributed by atoms with Crippen molar-refractivity contribution in [3.63, 3.8) is 0 Å². The first-order valence-corrected chi connectivity index (χ1v) is 10.4. The fourth-order valence-electron chi connectivity index (χ4n) is 4.13. The largest absolute Gasteiger partial charge is 0.357 e. The minimum atomic E-state index is -3.62. The molecule has 0 aliphatic carbocycles. The van der Waals surface area contributed by atoms with Crippen molar-refractivity contribution in [1.82, 2.24) is 9.29 Å². The second-order valence-corrected chi connectivity index (χ2v) is 9.07. The molecular weight excluding hydrogens is 362 g/mol. The molecule has 1 amide bonds. The molecule has 0 fully saturated rings. The lowest BCUT2D eigenvalue weighted by Crippen LogP contribution is -2.35. The van der Waals surface area contributed by atoms with Crippen LogP contribution in [-0.2, 0) is 34.2 Å². The highest BCUT2D eigenvalue weighted by atomic mass is 32.2. The molecule has 2 aliphatic heterocycles. The maximum Gasteiger partial charge on any atom is 0.243 e. The summed E-state index contributed by atoms with van der Waals surface area (Å²) in [6.45, 7) is 0.787. The second-order valence-electron chi connectivity index (χ2n) is 7.14. The molecule has 2 aromatic carbocycles. The number of anilines is 1. The smallest absolute Gasteiger partial charge is 0.243 e. The molecule has 0 saturated heterocycles. The van der Waals surface area contributed by atoms with Gasteiger partial charge in [0.25, 0.3) is 0 Å². The van der Waals surface area contributed by atoms with E-state index in [1.54, 1.807) is 30.1 Å². The number of rotatable bonds is 2. The van der Waals surface area contributed by atoms with Crippen LogP contribution in [0.1, 0.15) is 16.8 Å². The number of benzene rings is 2. The minimum absolute atomic E-state index is 0.0137. The molecule has 1 aromatic heterocycles. The number of para-hydroxylation sites is 1. The number of hydrogen-bond donors (Lipinski definition) is 1. The fraction of sp³-hybridized carbons (Fsp3) is 0.250. The van der Waals surface area contributed by atoms with Gasteiger partial charge in [-0.05, 0) is 41.8 Å². The topological polar surface area (TPSA) is 73.5 Å². The maximum absolute atomic E-state index is 13.2. The van der Waals surface area contributed by atoms with Crippen molar-refractivity contribution in [1.29, 1.82) is 0 Å². The Kier molecular flexibility index (Phi) is 3.47. The normalized spacial score (nSPS) is 17.4. The third-order valence-corrected chi connectivity index (χ3v) is 7.45. The van der Waals surface area contributed by atoms with Gasteiger partial charge in [0.15, 0.2) is 0 Å². The molecule has 0 bridgehead atoms. The van der Waals surface area contributed by atoms with E-state index in [9.17, 15) is 13.2 Å². The van der Waals surface area contributed by atoms with Gasteiger partial charge in [0.2, 0.25) is 15.9 Å². The molecule has 0 unspecified atom stereocenters. The van der Waals surface area contributed by atoms with Crippen molar-refractivity contribution in [2.75, 3.05) is 18.5 Å². The molecule has 0 spiro atoms. The number of hydrogen-bond acceptors (Lipinski definition) is 3. The van der Waals surface area contributed by atoms with Crippen molar-refractivity contribution in [3.05, 3.63) is 59.3 Å². The number of fused-ring (bicyclic) bond motifs is 4. The molecular formula is C20H19N3O3S. The van der Waals surface area contributed by atoms with E-state index in [0.29, 0.717) is 19.5 Å². The number of carbonyl (C=O) groups excluding carboxylic acids is 1. The first-order valence-electron chi connectivity index (χ1n) is 8.93. The van der Waals surface area contributed by atoms with Gasteiger partial charge in [-0.2, -0.15) is 4.31 Å². The third kappa shape index (κ3) is 2.42. The number of sulfonamides is 1. The molecule has 0 radical (unpaired) electrons. The first kappa shape index (κ1) is 16.5. The molecule has 3 heterocycles. The predicted octanol–water partition coefficient (Wildman–Crippen LogP) is 2.43. The molecule has 27 heavy (non-hydrogen) atoms. The zero-order chi connectivity index (χ0) is 18.8. The Labute approximate surface area is 157 Å². The van der Waals surface area contributed by atoms with Crippen molar-refractivity contribution in [3.8, 4) is 0 Å². The minimum Gasteiger partial charge on any atom is -0.357 e. The van der Waals surface area contributed by atoms with Crippen LogP contribution >= 0.6 is 0 Å². The lowest BCUT2D eigenvalue weighted by Gasteiger charge is -2.26. The van der Waals surface area contributed by atoms with Gasteiger partial charge in [-0.3, -0.25) is 4.79 Å². The van der Waals surface area contributed by atoms with E-state index in [2.05, 4.69) is 11.1 Å². The lowest BCUT2D eigenvalue weighted by molar-refractivity contribution is -0.117. The van der Waals surface area contributed by atoms with Crippen LogP contribution in [0.5, 0.6) is 0 Å². The van der Waals surface area contributed by atoms with Gasteiger partial charge in [-0.1, -0.05) is 18.2 Å². The molecule has 138 valence electrons. The monoisotopic (exact) mass is 381 g/mol. The van der Waals surface area contributed by atoms with Gasteiger partial charge in [-0.25, -0.2) is 8.42 Å². The highest BCUT2D eigenvalue weighted by Crippen LogP contribution is 2.33. The third-order valence-electron chi connectivity index (χ3n) is 5.61. The van der Waals surface area contributed by atoms with Gasteiger partial charge in [-0.15, -0.1) is 0 Å². The highest BCUT2D eigenvalue weighted by Gasteiger charge is 2.32. The average molecular weight is 381 g/mol. The molecule has 2 aliphatic rings. The van der Waals surface area contributed by atoms with Gasteiger partial charge in [0.05, 0.1) is 17.9 Å². The van der Waals surface area contributed by atoms with Crippen molar-refractivity contribution >= 4 is 32.5 Å². The Bertz CT molecular complexity index is 1200. The number of nitrogens with zero attached hydrogens (tertiary/aromatic N) is 2. The highest BCUT2D eigenvalue weighted by molar-refractivity contribution is 7.89. The Hall–Kier alpha value is -2.64. The van der Waals surface area contributed by atoms with Gasteiger partial charge < -0.3 is 9.88 Å². The Morgan fingerprint density at radius 2 is 1.93 bits per heavy atom. The van der Waals surface area contributed by atoms with Crippen molar-refractivity contribution in [2.24, 2.45) is 0 Å². The summed E-state index contributed by atoms with van der Waals surface area (Å²) in [5.74, 6) is -0.0137. The zero-order valence-corrected chi connectivity index (χ0v) is 15.7. The number of amides is 1. The lowest BCUT2D eigenvalue weighted by atomic mass is 10.1. The molecule has 0 saturated carbocycles. The molecule has 5 rings (SSSR count). The number of carbonyl (C=O) groups is 1. The van der Waals surface area contributed by atoms with Crippen LogP contribution in [0.4, 0.5) is 5.69 Å². The van der Waals surface area contributed by atoms with E-state index in [0.717, 1.165) is 22.5 Å². The maximum atomic E-state index is 13.2. The SMILES string of the molecule is CN1C(=O)Cc2cc(S(=O)(=O)N3CCc4c([nH]c5ccccc45)C3)ccc21. The van der Waals surface area contributed by atoms with E-state index in [1.165, 1.54) is 15.3 Å². The van der Waals surface area contributed by atoms with Gasteiger partial charge in [0.1, 0.15) is 0 Å². The van der Waals surface area contributed by atoms with E-state index in [1.807, 2.05) is 18.2 Å². The van der Waals surface area contributed by atoms with Crippen LogP contribution in [0, 0.1) is 0 Å². The summed E-state index contributed by atoms with van der Waals surface area (Å²) in [5.41, 5.74) is 4.77. The molecule has 7 heteroatoms. The molecule has 3 aromatic rings. The average Bonchev–Trinajstić information content (AvgIpc) is 3.18. The van der Waals surface area contributed by atoms with Crippen LogP contribution in [0.2, 0.25) is 0 Å². The summed E-state index contributed by atoms with van der Waals surface area (Å²) in [7, 11) is -1.90. The number of nitrogens with one attached hydrogen (secondary N) is 1. The summed E-state index contributed by atoms with van der Waals surface area (Å²) in [6.07, 6.45) is 0.937. The Morgan fingerprint density at radius 3 is 2.78 bits per heavy atom. The van der Waals surface area contributed by atoms with Crippen LogP contribution < -0.4 is 4.90 Å². The van der Waals surface area contributed by atoms with E-state index in [-0.39, 0.29) is 17.2 Å². The number of likely N-dealkylation sites (N-methyl/N-ethyl adjacent to an activating group) is 1. The van der Waals surface area contributed by atoms with E-state index in [4.69, 9.17) is 0 Å². The number of H-pyrrole nitrogens is 1. The first-order chi connectivity index (χ1) is 12.9. The van der Waals surface area contributed by atoms with Gasteiger partial charge in [0, 0.05) is 35.9 Å². The summed E-state index contributed by atoms with van der Waals surface area (Å²) >= 11 is 0. The quantitative estimate of drug-likeness (QED) is 0.741. The number of aromatic amines is 1. The Balaban J connectivity index is 1.50. The summed E-state index contributed by atoms with van der Waals surface area (Å²) < 4.78 is 27.9. The molecule has 6 nitrogen and oxygen atoms in total. The number of aromatic nitrogens is 1. The van der Waals surface area contributed by atoms with Crippen LogP contribution in [-0.4, -0.2) is 37.2 Å².